The monoisotopic (exact) mass is 268 g/mol. The maximum atomic E-state index is 12.4. The molecule has 0 atom stereocenters. The van der Waals surface area contributed by atoms with Crippen molar-refractivity contribution in [1.82, 2.24) is 0 Å². The van der Waals surface area contributed by atoms with Gasteiger partial charge in [-0.15, -0.1) is 0 Å². The topological polar surface area (TPSA) is 26.3 Å². The zero-order chi connectivity index (χ0) is 14.5. The van der Waals surface area contributed by atoms with Crippen LogP contribution in [0.25, 0.3) is 0 Å². The van der Waals surface area contributed by atoms with Crippen molar-refractivity contribution in [3.05, 3.63) is 64.7 Å². The Balaban J connectivity index is 2.19. The zero-order valence-corrected chi connectivity index (χ0v) is 12.3. The minimum Gasteiger partial charge on any atom is -0.496 e. The third-order valence-corrected chi connectivity index (χ3v) is 3.45. The lowest BCUT2D eigenvalue weighted by Crippen LogP contribution is -2.06. The SMILES string of the molecule is CCc1ccc(CC(=O)c2ccc(C)cc2OC)cc1. The molecule has 0 fully saturated rings. The first-order chi connectivity index (χ1) is 9.63. The smallest absolute Gasteiger partial charge is 0.170 e. The highest BCUT2D eigenvalue weighted by atomic mass is 16.5. The molecular weight excluding hydrogens is 248 g/mol. The summed E-state index contributed by atoms with van der Waals surface area (Å²) in [5, 5.41) is 0. The van der Waals surface area contributed by atoms with Crippen LogP contribution in [-0.4, -0.2) is 12.9 Å². The number of Topliss-reactive ketones (excluding diaryl/α,β-unsaturated/α-hetero) is 1. The summed E-state index contributed by atoms with van der Waals surface area (Å²) in [7, 11) is 1.60. The van der Waals surface area contributed by atoms with Crippen LogP contribution in [0.15, 0.2) is 42.5 Å². The molecule has 2 aromatic rings. The molecule has 2 rings (SSSR count). The van der Waals surface area contributed by atoms with Gasteiger partial charge < -0.3 is 4.74 Å². The standard InChI is InChI=1S/C18H20O2/c1-4-14-6-8-15(9-7-14)12-17(19)16-10-5-13(2)11-18(16)20-3/h5-11H,4,12H2,1-3H3. The van der Waals surface area contributed by atoms with Crippen molar-refractivity contribution in [1.29, 1.82) is 0 Å². The molecular formula is C18H20O2. The van der Waals surface area contributed by atoms with E-state index in [1.54, 1.807) is 7.11 Å². The van der Waals surface area contributed by atoms with Crippen molar-refractivity contribution < 1.29 is 9.53 Å². The first-order valence-electron chi connectivity index (χ1n) is 6.89. The summed E-state index contributed by atoms with van der Waals surface area (Å²) >= 11 is 0. The van der Waals surface area contributed by atoms with Crippen molar-refractivity contribution in [2.24, 2.45) is 0 Å². The molecule has 0 heterocycles. The molecule has 2 heteroatoms. The van der Waals surface area contributed by atoms with E-state index in [4.69, 9.17) is 4.74 Å². The Hall–Kier alpha value is -2.09. The van der Waals surface area contributed by atoms with Gasteiger partial charge in [-0.1, -0.05) is 37.3 Å². The van der Waals surface area contributed by atoms with Gasteiger partial charge in [0.25, 0.3) is 0 Å². The molecule has 0 saturated heterocycles. The molecule has 0 aromatic heterocycles. The lowest BCUT2D eigenvalue weighted by Gasteiger charge is -2.09. The largest absolute Gasteiger partial charge is 0.496 e. The molecule has 104 valence electrons. The summed E-state index contributed by atoms with van der Waals surface area (Å²) in [6, 6.07) is 13.9. The molecule has 0 unspecified atom stereocenters. The van der Waals surface area contributed by atoms with Crippen LogP contribution in [0, 0.1) is 6.92 Å². The number of hydrogen-bond acceptors (Lipinski definition) is 2. The first kappa shape index (κ1) is 14.3. The number of hydrogen-bond donors (Lipinski definition) is 0. The zero-order valence-electron chi connectivity index (χ0n) is 12.3. The van der Waals surface area contributed by atoms with Gasteiger partial charge in [0.05, 0.1) is 12.7 Å². The Kier molecular flexibility index (Phi) is 4.57. The van der Waals surface area contributed by atoms with Crippen LogP contribution in [-0.2, 0) is 12.8 Å². The predicted molar refractivity (Wildman–Crippen MR) is 81.6 cm³/mol. The molecule has 0 N–H and O–H groups in total. The van der Waals surface area contributed by atoms with Crippen LogP contribution in [0.1, 0.15) is 34.0 Å². The Morgan fingerprint density at radius 3 is 2.30 bits per heavy atom. The summed E-state index contributed by atoms with van der Waals surface area (Å²) in [6.07, 6.45) is 1.42. The van der Waals surface area contributed by atoms with E-state index in [0.717, 1.165) is 17.5 Å². The minimum atomic E-state index is 0.0890. The van der Waals surface area contributed by atoms with Crippen LogP contribution in [0.4, 0.5) is 0 Å². The van der Waals surface area contributed by atoms with Gasteiger partial charge in [0.2, 0.25) is 0 Å². The van der Waals surface area contributed by atoms with Gasteiger partial charge in [-0.3, -0.25) is 4.79 Å². The number of benzene rings is 2. The molecule has 0 amide bonds. The van der Waals surface area contributed by atoms with Gasteiger partial charge in [-0.25, -0.2) is 0 Å². The van der Waals surface area contributed by atoms with Crippen molar-refractivity contribution in [2.45, 2.75) is 26.7 Å². The fourth-order valence-corrected chi connectivity index (χ4v) is 2.20. The van der Waals surface area contributed by atoms with Crippen LogP contribution < -0.4 is 4.74 Å². The van der Waals surface area contributed by atoms with Gasteiger partial charge in [0, 0.05) is 6.42 Å². The third-order valence-electron chi connectivity index (χ3n) is 3.45. The maximum absolute atomic E-state index is 12.4. The van der Waals surface area contributed by atoms with Crippen molar-refractivity contribution in [3.63, 3.8) is 0 Å². The second-order valence-corrected chi connectivity index (χ2v) is 4.97. The highest BCUT2D eigenvalue weighted by molar-refractivity contribution is 6.00. The van der Waals surface area contributed by atoms with Crippen molar-refractivity contribution >= 4 is 5.78 Å². The third kappa shape index (κ3) is 3.27. The highest BCUT2D eigenvalue weighted by Gasteiger charge is 2.12. The van der Waals surface area contributed by atoms with Crippen LogP contribution >= 0.6 is 0 Å². The molecule has 0 aliphatic carbocycles. The van der Waals surface area contributed by atoms with Crippen molar-refractivity contribution in [2.75, 3.05) is 7.11 Å². The number of rotatable bonds is 5. The van der Waals surface area contributed by atoms with E-state index in [1.807, 2.05) is 37.3 Å². The van der Waals surface area contributed by atoms with Crippen LogP contribution in [0.5, 0.6) is 5.75 Å². The van der Waals surface area contributed by atoms with E-state index in [2.05, 4.69) is 19.1 Å². The number of carbonyl (C=O) groups excluding carboxylic acids is 1. The lowest BCUT2D eigenvalue weighted by molar-refractivity contribution is 0.0990. The van der Waals surface area contributed by atoms with E-state index in [9.17, 15) is 4.79 Å². The van der Waals surface area contributed by atoms with E-state index in [1.165, 1.54) is 5.56 Å². The summed E-state index contributed by atoms with van der Waals surface area (Å²) < 4.78 is 5.30. The molecule has 2 aromatic carbocycles. The quantitative estimate of drug-likeness (QED) is 0.766. The van der Waals surface area contributed by atoms with E-state index in [-0.39, 0.29) is 5.78 Å². The summed E-state index contributed by atoms with van der Waals surface area (Å²) in [6.45, 7) is 4.11. The summed E-state index contributed by atoms with van der Waals surface area (Å²) in [5.74, 6) is 0.742. The second kappa shape index (κ2) is 6.38. The molecule has 0 bridgehead atoms. The van der Waals surface area contributed by atoms with E-state index in [0.29, 0.717) is 17.7 Å². The second-order valence-electron chi connectivity index (χ2n) is 4.97. The molecule has 20 heavy (non-hydrogen) atoms. The van der Waals surface area contributed by atoms with E-state index < -0.39 is 0 Å². The number of carbonyl (C=O) groups is 1. The molecule has 0 spiro atoms. The van der Waals surface area contributed by atoms with Gasteiger partial charge >= 0.3 is 0 Å². The summed E-state index contributed by atoms with van der Waals surface area (Å²) in [4.78, 5) is 12.4. The Morgan fingerprint density at radius 1 is 1.05 bits per heavy atom. The maximum Gasteiger partial charge on any atom is 0.170 e. The number of ketones is 1. The Morgan fingerprint density at radius 2 is 1.70 bits per heavy atom. The molecule has 0 aliphatic rings. The highest BCUT2D eigenvalue weighted by Crippen LogP contribution is 2.22. The van der Waals surface area contributed by atoms with E-state index >= 15 is 0 Å². The fourth-order valence-electron chi connectivity index (χ4n) is 2.20. The van der Waals surface area contributed by atoms with Crippen LogP contribution in [0.2, 0.25) is 0 Å². The van der Waals surface area contributed by atoms with Crippen LogP contribution in [0.3, 0.4) is 0 Å². The predicted octanol–water partition coefficient (Wildman–Crippen LogP) is 3.99. The lowest BCUT2D eigenvalue weighted by atomic mass is 10.00. The van der Waals surface area contributed by atoms with Crippen molar-refractivity contribution in [3.8, 4) is 5.75 Å². The number of methoxy groups -OCH3 is 1. The average molecular weight is 268 g/mol. The number of ether oxygens (including phenoxy) is 1. The Bertz CT molecular complexity index is 597. The number of aryl methyl sites for hydroxylation is 2. The summed E-state index contributed by atoms with van der Waals surface area (Å²) in [5.41, 5.74) is 4.06. The van der Waals surface area contributed by atoms with Gasteiger partial charge in [-0.05, 0) is 42.2 Å². The van der Waals surface area contributed by atoms with Gasteiger partial charge in [-0.2, -0.15) is 0 Å². The minimum absolute atomic E-state index is 0.0890. The Labute approximate surface area is 120 Å². The van der Waals surface area contributed by atoms with Gasteiger partial charge in [0.1, 0.15) is 5.75 Å². The molecule has 2 nitrogen and oxygen atoms in total. The molecule has 0 aliphatic heterocycles. The first-order valence-corrected chi connectivity index (χ1v) is 6.89. The fraction of sp³-hybridized carbons (Fsp3) is 0.278. The van der Waals surface area contributed by atoms with Gasteiger partial charge in [0.15, 0.2) is 5.78 Å². The molecule has 0 radical (unpaired) electrons. The average Bonchev–Trinajstić information content (AvgIpc) is 2.47. The molecule has 0 saturated carbocycles. The normalized spacial score (nSPS) is 10.3.